The first-order valence-electron chi connectivity index (χ1n) is 7.17. The Morgan fingerprint density at radius 2 is 1.91 bits per heavy atom. The van der Waals surface area contributed by atoms with Gasteiger partial charge in [-0.25, -0.2) is 0 Å². The number of rotatable bonds is 3. The number of hydrogen-bond acceptors (Lipinski definition) is 4. The number of aromatic nitrogens is 1. The molecule has 0 aliphatic rings. The molecule has 0 unspecified atom stereocenters. The Morgan fingerprint density at radius 1 is 1.13 bits per heavy atom. The highest BCUT2D eigenvalue weighted by Gasteiger charge is 2.15. The van der Waals surface area contributed by atoms with Crippen molar-refractivity contribution < 1.29 is 15.0 Å². The van der Waals surface area contributed by atoms with E-state index in [0.717, 1.165) is 10.9 Å². The summed E-state index contributed by atoms with van der Waals surface area (Å²) in [6.45, 7) is 2.48. The average Bonchev–Trinajstić information content (AvgIpc) is 2.83. The number of nitrogens with zero attached hydrogens (tertiary/aromatic N) is 3. The van der Waals surface area contributed by atoms with Gasteiger partial charge in [-0.05, 0) is 31.2 Å². The Bertz CT molecular complexity index is 913. The van der Waals surface area contributed by atoms with E-state index >= 15 is 0 Å². The van der Waals surface area contributed by atoms with Crippen LogP contribution in [0.5, 0.6) is 11.6 Å². The van der Waals surface area contributed by atoms with E-state index in [-0.39, 0.29) is 22.9 Å². The molecule has 0 aliphatic heterocycles. The molecule has 23 heavy (non-hydrogen) atoms. The molecule has 0 aliphatic carbocycles. The van der Waals surface area contributed by atoms with Gasteiger partial charge in [-0.3, -0.25) is 4.79 Å². The van der Waals surface area contributed by atoms with Gasteiger partial charge >= 0.3 is 0 Å². The highest BCUT2D eigenvalue weighted by atomic mass is 16.3. The van der Waals surface area contributed by atoms with E-state index in [1.165, 1.54) is 18.2 Å². The summed E-state index contributed by atoms with van der Waals surface area (Å²) in [6.07, 6.45) is 0. The molecule has 0 saturated carbocycles. The van der Waals surface area contributed by atoms with Crippen LogP contribution in [-0.4, -0.2) is 20.7 Å². The standard InChI is InChI=1S/C17H15N3O3/c1-2-20-14-9-4-3-8-13(14)15(17(20)23)18-19-16(22)11-6-5-7-12(21)10-11/h3-10,21,23H,2H2,1H3. The van der Waals surface area contributed by atoms with Crippen molar-refractivity contribution >= 4 is 22.5 Å². The van der Waals surface area contributed by atoms with Crippen LogP contribution in [0, 0.1) is 0 Å². The topological polar surface area (TPSA) is 87.2 Å². The fourth-order valence-corrected chi connectivity index (χ4v) is 2.48. The van der Waals surface area contributed by atoms with Gasteiger partial charge in [0.05, 0.1) is 5.52 Å². The van der Waals surface area contributed by atoms with Crippen molar-refractivity contribution in [3.8, 4) is 11.6 Å². The summed E-state index contributed by atoms with van der Waals surface area (Å²) >= 11 is 0. The number of carbonyl (C=O) groups excluding carboxylic acids is 1. The number of fused-ring (bicyclic) bond motifs is 1. The van der Waals surface area contributed by atoms with Crippen LogP contribution in [0.3, 0.4) is 0 Å². The average molecular weight is 309 g/mol. The Balaban J connectivity index is 2.01. The highest BCUT2D eigenvalue weighted by Crippen LogP contribution is 2.38. The van der Waals surface area contributed by atoms with Crippen molar-refractivity contribution in [1.82, 2.24) is 4.57 Å². The van der Waals surface area contributed by atoms with E-state index in [1.807, 2.05) is 31.2 Å². The van der Waals surface area contributed by atoms with Crippen LogP contribution in [0.4, 0.5) is 5.69 Å². The number of carbonyl (C=O) groups is 1. The summed E-state index contributed by atoms with van der Waals surface area (Å²) < 4.78 is 1.70. The number of hydrogen-bond donors (Lipinski definition) is 2. The third kappa shape index (κ3) is 2.66. The van der Waals surface area contributed by atoms with Crippen LogP contribution in [-0.2, 0) is 6.54 Å². The van der Waals surface area contributed by atoms with Gasteiger partial charge in [-0.15, -0.1) is 10.2 Å². The van der Waals surface area contributed by atoms with E-state index in [0.29, 0.717) is 6.54 Å². The minimum atomic E-state index is -0.589. The number of amides is 1. The molecule has 3 aromatic rings. The summed E-state index contributed by atoms with van der Waals surface area (Å²) in [7, 11) is 0. The zero-order valence-corrected chi connectivity index (χ0v) is 12.5. The predicted octanol–water partition coefficient (Wildman–Crippen LogP) is 4.00. The molecule has 6 nitrogen and oxygen atoms in total. The third-order valence-electron chi connectivity index (χ3n) is 3.57. The van der Waals surface area contributed by atoms with E-state index in [9.17, 15) is 15.0 Å². The molecule has 0 atom stereocenters. The van der Waals surface area contributed by atoms with Crippen LogP contribution >= 0.6 is 0 Å². The largest absolute Gasteiger partial charge is 0.508 e. The highest BCUT2D eigenvalue weighted by molar-refractivity contribution is 5.97. The monoisotopic (exact) mass is 309 g/mol. The van der Waals surface area contributed by atoms with Crippen molar-refractivity contribution in [1.29, 1.82) is 0 Å². The Kier molecular flexibility index (Phi) is 3.80. The van der Waals surface area contributed by atoms with Gasteiger partial charge in [0.1, 0.15) is 5.75 Å². The summed E-state index contributed by atoms with van der Waals surface area (Å²) in [5.74, 6) is -0.633. The van der Waals surface area contributed by atoms with Crippen molar-refractivity contribution in [3.05, 3.63) is 54.1 Å². The Hall–Kier alpha value is -3.15. The summed E-state index contributed by atoms with van der Waals surface area (Å²) in [4.78, 5) is 12.0. The molecule has 116 valence electrons. The van der Waals surface area contributed by atoms with E-state index in [1.54, 1.807) is 10.6 Å². The molecule has 0 radical (unpaired) electrons. The van der Waals surface area contributed by atoms with Gasteiger partial charge in [0.15, 0.2) is 5.69 Å². The summed E-state index contributed by atoms with van der Waals surface area (Å²) in [5, 5.41) is 28.0. The predicted molar refractivity (Wildman–Crippen MR) is 86.2 cm³/mol. The molecule has 6 heteroatoms. The van der Waals surface area contributed by atoms with Crippen molar-refractivity contribution in [2.75, 3.05) is 0 Å². The number of azo groups is 1. The van der Waals surface area contributed by atoms with Crippen molar-refractivity contribution in [2.24, 2.45) is 10.2 Å². The van der Waals surface area contributed by atoms with Gasteiger partial charge in [0, 0.05) is 17.5 Å². The lowest BCUT2D eigenvalue weighted by molar-refractivity contribution is 0.0994. The normalized spacial score (nSPS) is 11.3. The molecule has 0 fully saturated rings. The van der Waals surface area contributed by atoms with Gasteiger partial charge in [-0.1, -0.05) is 24.3 Å². The molecule has 2 aromatic carbocycles. The molecule has 0 bridgehead atoms. The number of benzene rings is 2. The SMILES string of the molecule is CCn1c(O)c(N=NC(=O)c2cccc(O)c2)c2ccccc21. The van der Waals surface area contributed by atoms with Crippen LogP contribution in [0.1, 0.15) is 17.3 Å². The molecular weight excluding hydrogens is 294 g/mol. The van der Waals surface area contributed by atoms with Crippen LogP contribution < -0.4 is 0 Å². The lowest BCUT2D eigenvalue weighted by Crippen LogP contribution is -1.92. The van der Waals surface area contributed by atoms with E-state index < -0.39 is 5.91 Å². The minimum Gasteiger partial charge on any atom is -0.508 e. The molecule has 2 N–H and O–H groups in total. The number of para-hydroxylation sites is 1. The van der Waals surface area contributed by atoms with E-state index in [4.69, 9.17) is 0 Å². The summed E-state index contributed by atoms with van der Waals surface area (Å²) in [6, 6.07) is 13.3. The summed E-state index contributed by atoms with van der Waals surface area (Å²) in [5.41, 5.74) is 1.31. The second-order valence-electron chi connectivity index (χ2n) is 4.99. The maximum absolute atomic E-state index is 12.0. The maximum Gasteiger partial charge on any atom is 0.295 e. The van der Waals surface area contributed by atoms with E-state index in [2.05, 4.69) is 10.2 Å². The molecule has 1 heterocycles. The molecule has 1 amide bonds. The first kappa shape index (κ1) is 14.8. The van der Waals surface area contributed by atoms with Crippen molar-refractivity contribution in [2.45, 2.75) is 13.5 Å². The number of aromatic hydroxyl groups is 2. The van der Waals surface area contributed by atoms with Gasteiger partial charge in [0.2, 0.25) is 5.88 Å². The molecule has 3 rings (SSSR count). The smallest absolute Gasteiger partial charge is 0.295 e. The third-order valence-corrected chi connectivity index (χ3v) is 3.57. The fourth-order valence-electron chi connectivity index (χ4n) is 2.48. The quantitative estimate of drug-likeness (QED) is 0.717. The lowest BCUT2D eigenvalue weighted by Gasteiger charge is -2.00. The zero-order chi connectivity index (χ0) is 16.4. The molecular formula is C17H15N3O3. The minimum absolute atomic E-state index is 0.0171. The number of aryl methyl sites for hydroxylation is 1. The first-order chi connectivity index (χ1) is 11.1. The van der Waals surface area contributed by atoms with Gasteiger partial charge < -0.3 is 14.8 Å². The maximum atomic E-state index is 12.0. The van der Waals surface area contributed by atoms with Gasteiger partial charge in [-0.2, -0.15) is 0 Å². The molecule has 0 spiro atoms. The lowest BCUT2D eigenvalue weighted by atomic mass is 10.2. The second kappa shape index (κ2) is 5.92. The number of phenols is 1. The second-order valence-corrected chi connectivity index (χ2v) is 4.99. The van der Waals surface area contributed by atoms with Crippen LogP contribution in [0.15, 0.2) is 58.8 Å². The molecule has 1 aromatic heterocycles. The van der Waals surface area contributed by atoms with Gasteiger partial charge in [0.25, 0.3) is 5.91 Å². The van der Waals surface area contributed by atoms with Crippen molar-refractivity contribution in [3.63, 3.8) is 0 Å². The van der Waals surface area contributed by atoms with Crippen LogP contribution in [0.2, 0.25) is 0 Å². The first-order valence-corrected chi connectivity index (χ1v) is 7.17. The molecule has 0 saturated heterocycles. The Morgan fingerprint density at radius 3 is 2.65 bits per heavy atom. The number of phenolic OH excluding ortho intramolecular Hbond substituents is 1. The zero-order valence-electron chi connectivity index (χ0n) is 12.5. The Labute approximate surface area is 132 Å². The van der Waals surface area contributed by atoms with Crippen LogP contribution in [0.25, 0.3) is 10.9 Å². The fraction of sp³-hybridized carbons (Fsp3) is 0.118.